The normalized spacial score (nSPS) is 11.6. The Bertz CT molecular complexity index is 1300. The lowest BCUT2D eigenvalue weighted by atomic mass is 10.1. The molecule has 0 saturated carbocycles. The number of aryl methyl sites for hydroxylation is 1. The van der Waals surface area contributed by atoms with Crippen molar-refractivity contribution >= 4 is 39.8 Å². The zero-order chi connectivity index (χ0) is 23.6. The lowest BCUT2D eigenvalue weighted by Gasteiger charge is -2.11. The Kier molecular flexibility index (Phi) is 6.57. The molecule has 0 bridgehead atoms. The number of ether oxygens (including phenoxy) is 1. The van der Waals surface area contributed by atoms with Gasteiger partial charge < -0.3 is 9.84 Å². The van der Waals surface area contributed by atoms with Gasteiger partial charge in [-0.1, -0.05) is 12.1 Å². The van der Waals surface area contributed by atoms with Crippen LogP contribution in [0.1, 0.15) is 16.1 Å². The van der Waals surface area contributed by atoms with E-state index >= 15 is 0 Å². The quantitative estimate of drug-likeness (QED) is 0.301. The first-order chi connectivity index (χ1) is 15.7. The van der Waals surface area contributed by atoms with Crippen LogP contribution in [0, 0.1) is 6.92 Å². The van der Waals surface area contributed by atoms with Gasteiger partial charge in [-0.05, 0) is 37.3 Å². The number of hydrogen-bond donors (Lipinski definition) is 1. The molecule has 2 aromatic carbocycles. The van der Waals surface area contributed by atoms with Crippen LogP contribution in [0.15, 0.2) is 59.8 Å². The predicted molar refractivity (Wildman–Crippen MR) is 122 cm³/mol. The molecule has 0 amide bonds. The maximum absolute atomic E-state index is 12.8. The van der Waals surface area contributed by atoms with Crippen LogP contribution in [0.2, 0.25) is 0 Å². The smallest absolute Gasteiger partial charge is 0.416 e. The molecular weight excluding hydrogens is 473 g/mol. The first-order valence-corrected chi connectivity index (χ1v) is 11.5. The van der Waals surface area contributed by atoms with Crippen LogP contribution in [0.3, 0.4) is 0 Å². The van der Waals surface area contributed by atoms with Gasteiger partial charge in [0.2, 0.25) is 0 Å². The second kappa shape index (κ2) is 9.40. The minimum Gasteiger partial charge on any atom is -0.481 e. The summed E-state index contributed by atoms with van der Waals surface area (Å²) in [5, 5.41) is 11.2. The number of thiazole rings is 1. The molecule has 4 rings (SSSR count). The number of aliphatic carboxylic acids is 1. The van der Waals surface area contributed by atoms with Crippen molar-refractivity contribution in [2.24, 2.45) is 0 Å². The summed E-state index contributed by atoms with van der Waals surface area (Å²) in [7, 11) is 0. The predicted octanol–water partition coefficient (Wildman–Crippen LogP) is 6.44. The lowest BCUT2D eigenvalue weighted by Crippen LogP contribution is -2.09. The van der Waals surface area contributed by atoms with Crippen molar-refractivity contribution in [2.45, 2.75) is 23.7 Å². The van der Waals surface area contributed by atoms with E-state index in [0.717, 1.165) is 38.4 Å². The molecule has 0 unspecified atom stereocenters. The number of hydrogen-bond acceptors (Lipinski definition) is 6. The molecule has 0 atom stereocenters. The molecule has 5 nitrogen and oxygen atoms in total. The highest BCUT2D eigenvalue weighted by Gasteiger charge is 2.30. The molecule has 10 heteroatoms. The summed E-state index contributed by atoms with van der Waals surface area (Å²) in [4.78, 5) is 21.5. The molecule has 0 aliphatic rings. The number of pyridine rings is 1. The van der Waals surface area contributed by atoms with Crippen molar-refractivity contribution in [3.63, 3.8) is 0 Å². The number of nitrogens with zero attached hydrogens (tertiary/aromatic N) is 2. The van der Waals surface area contributed by atoms with Crippen molar-refractivity contribution in [3.8, 4) is 16.3 Å². The van der Waals surface area contributed by atoms with Gasteiger partial charge in [0.05, 0.1) is 11.3 Å². The minimum atomic E-state index is -4.37. The van der Waals surface area contributed by atoms with Crippen molar-refractivity contribution < 1.29 is 27.8 Å². The van der Waals surface area contributed by atoms with Gasteiger partial charge >= 0.3 is 12.1 Å². The van der Waals surface area contributed by atoms with Crippen LogP contribution < -0.4 is 4.74 Å². The van der Waals surface area contributed by atoms with Gasteiger partial charge in [-0.2, -0.15) is 13.2 Å². The number of benzene rings is 2. The van der Waals surface area contributed by atoms with Crippen LogP contribution in [-0.4, -0.2) is 27.7 Å². The van der Waals surface area contributed by atoms with E-state index in [1.54, 1.807) is 36.3 Å². The Morgan fingerprint density at radius 3 is 2.58 bits per heavy atom. The zero-order valence-corrected chi connectivity index (χ0v) is 18.9. The highest BCUT2D eigenvalue weighted by Crippen LogP contribution is 2.38. The number of aromatic nitrogens is 2. The van der Waals surface area contributed by atoms with Gasteiger partial charge in [-0.15, -0.1) is 23.1 Å². The average Bonchev–Trinajstić information content (AvgIpc) is 3.16. The molecular formula is C23H17F3N2O3S2. The lowest BCUT2D eigenvalue weighted by molar-refractivity contribution is -0.139. The Morgan fingerprint density at radius 1 is 1.12 bits per heavy atom. The summed E-state index contributed by atoms with van der Waals surface area (Å²) < 4.78 is 43.8. The minimum absolute atomic E-state index is 0.434. The highest BCUT2D eigenvalue weighted by molar-refractivity contribution is 7.98. The number of rotatable bonds is 7. The van der Waals surface area contributed by atoms with Gasteiger partial charge in [0, 0.05) is 44.3 Å². The molecule has 0 saturated heterocycles. The topological polar surface area (TPSA) is 72.3 Å². The van der Waals surface area contributed by atoms with E-state index < -0.39 is 24.3 Å². The number of alkyl halides is 3. The Hall–Kier alpha value is -3.11. The fraction of sp³-hybridized carbons (Fsp3) is 0.174. The summed E-state index contributed by atoms with van der Waals surface area (Å²) in [5.41, 5.74) is 0.778. The number of thioether (sulfide) groups is 1. The van der Waals surface area contributed by atoms with Crippen LogP contribution in [0.5, 0.6) is 5.75 Å². The molecule has 0 radical (unpaired) electrons. The molecule has 2 aromatic heterocycles. The summed E-state index contributed by atoms with van der Waals surface area (Å²) in [6, 6.07) is 10.4. The van der Waals surface area contributed by atoms with E-state index in [4.69, 9.17) is 9.84 Å². The summed E-state index contributed by atoms with van der Waals surface area (Å²) in [6.07, 6.45) is -1.04. The third kappa shape index (κ3) is 5.28. The van der Waals surface area contributed by atoms with E-state index in [-0.39, 0.29) is 0 Å². The molecule has 0 aliphatic carbocycles. The Morgan fingerprint density at radius 2 is 1.88 bits per heavy atom. The van der Waals surface area contributed by atoms with Gasteiger partial charge in [0.1, 0.15) is 10.8 Å². The van der Waals surface area contributed by atoms with Gasteiger partial charge in [-0.25, -0.2) is 9.78 Å². The van der Waals surface area contributed by atoms with E-state index in [2.05, 4.69) is 9.97 Å². The van der Waals surface area contributed by atoms with E-state index in [0.29, 0.717) is 22.1 Å². The Labute approximate surface area is 195 Å². The summed E-state index contributed by atoms with van der Waals surface area (Å²) in [6.45, 7) is 1.44. The third-order valence-corrected chi connectivity index (χ3v) is 7.29. The number of halogens is 3. The molecule has 0 fully saturated rings. The van der Waals surface area contributed by atoms with Crippen LogP contribution in [0.25, 0.3) is 21.3 Å². The SMILES string of the molecule is Cc1nc(-c2ccc(C(F)(F)F)cc2)sc1CSc1ccc(OCC(=O)O)c2ccncc12. The molecule has 1 N–H and O–H groups in total. The van der Waals surface area contributed by atoms with Crippen LogP contribution in [-0.2, 0) is 16.7 Å². The van der Waals surface area contributed by atoms with E-state index in [1.807, 2.05) is 13.0 Å². The second-order valence-electron chi connectivity index (χ2n) is 7.06. The molecule has 33 heavy (non-hydrogen) atoms. The van der Waals surface area contributed by atoms with Crippen LogP contribution in [0.4, 0.5) is 13.2 Å². The van der Waals surface area contributed by atoms with Gasteiger partial charge in [0.25, 0.3) is 0 Å². The number of fused-ring (bicyclic) bond motifs is 1. The fourth-order valence-corrected chi connectivity index (χ4v) is 5.41. The van der Waals surface area contributed by atoms with Crippen LogP contribution >= 0.6 is 23.1 Å². The molecule has 0 spiro atoms. The Balaban J connectivity index is 1.54. The maximum atomic E-state index is 12.8. The maximum Gasteiger partial charge on any atom is 0.416 e. The monoisotopic (exact) mass is 490 g/mol. The number of carbonyl (C=O) groups is 1. The third-order valence-electron chi connectivity index (χ3n) is 4.80. The van der Waals surface area contributed by atoms with Gasteiger partial charge in [0.15, 0.2) is 6.61 Å². The van der Waals surface area contributed by atoms with Gasteiger partial charge in [-0.3, -0.25) is 4.98 Å². The van der Waals surface area contributed by atoms with Crippen molar-refractivity contribution in [1.29, 1.82) is 0 Å². The molecule has 2 heterocycles. The van der Waals surface area contributed by atoms with Crippen molar-refractivity contribution in [1.82, 2.24) is 9.97 Å². The average molecular weight is 491 g/mol. The summed E-state index contributed by atoms with van der Waals surface area (Å²) in [5.74, 6) is 0.0293. The largest absolute Gasteiger partial charge is 0.481 e. The fourth-order valence-electron chi connectivity index (χ4n) is 3.16. The molecule has 4 aromatic rings. The first kappa shape index (κ1) is 23.1. The second-order valence-corrected chi connectivity index (χ2v) is 9.16. The van der Waals surface area contributed by atoms with E-state index in [9.17, 15) is 18.0 Å². The molecule has 170 valence electrons. The first-order valence-electron chi connectivity index (χ1n) is 9.70. The van der Waals surface area contributed by atoms with E-state index in [1.165, 1.54) is 23.5 Å². The van der Waals surface area contributed by atoms with Crippen molar-refractivity contribution in [2.75, 3.05) is 6.61 Å². The summed E-state index contributed by atoms with van der Waals surface area (Å²) >= 11 is 3.02. The van der Waals surface area contributed by atoms with Crippen molar-refractivity contribution in [3.05, 3.63) is 71.0 Å². The molecule has 0 aliphatic heterocycles. The highest BCUT2D eigenvalue weighted by atomic mass is 32.2. The zero-order valence-electron chi connectivity index (χ0n) is 17.2. The number of carboxylic acid groups (broad SMARTS) is 1. The number of carboxylic acids is 1. The standard InChI is InChI=1S/C23H17F3N2O3S2/c1-13-20(33-22(28-13)14-2-4-15(5-3-14)23(24,25)26)12-32-19-7-6-18(31-11-21(29)30)16-8-9-27-10-17(16)19/h2-10H,11-12H2,1H3,(H,29,30).